The van der Waals surface area contributed by atoms with Crippen LogP contribution in [0.25, 0.3) is 0 Å². The fourth-order valence-electron chi connectivity index (χ4n) is 3.79. The molecule has 1 atom stereocenters. The van der Waals surface area contributed by atoms with Crippen LogP contribution in [0.1, 0.15) is 29.8 Å². The summed E-state index contributed by atoms with van der Waals surface area (Å²) in [4.78, 5) is 46.8. The lowest BCUT2D eigenvalue weighted by molar-refractivity contribution is -0.124. The number of anilines is 1. The van der Waals surface area contributed by atoms with Crippen molar-refractivity contribution in [1.82, 2.24) is 20.0 Å². The van der Waals surface area contributed by atoms with E-state index in [1.54, 1.807) is 38.4 Å². The molecule has 37 heavy (non-hydrogen) atoms. The number of halogens is 1. The average molecular weight is 525 g/mol. The van der Waals surface area contributed by atoms with E-state index in [4.69, 9.17) is 16.3 Å². The summed E-state index contributed by atoms with van der Waals surface area (Å²) >= 11 is 6.13. The number of amides is 2. The maximum atomic E-state index is 13.3. The van der Waals surface area contributed by atoms with Crippen molar-refractivity contribution in [3.63, 3.8) is 0 Å². The standard InChI is InChI=1S/C26H29ClN6O4/c1-16-15-31-24(30-12-10-20-5-3-4-11-29-20)26(36)33(16)32-25(35)23(17-6-7-17)37-21-9-8-19(27)13-18(21)14-22(34)28-2/h3-5,8-9,11,13,15,17,23H,6-7,10,12,14H2,1-2H3,(H,28,34)(H,30,31)(H,32,35). The van der Waals surface area contributed by atoms with E-state index in [9.17, 15) is 14.4 Å². The van der Waals surface area contributed by atoms with Gasteiger partial charge in [0, 0.05) is 48.4 Å². The lowest BCUT2D eigenvalue weighted by Gasteiger charge is -2.22. The zero-order valence-electron chi connectivity index (χ0n) is 20.7. The Hall–Kier alpha value is -3.92. The summed E-state index contributed by atoms with van der Waals surface area (Å²) in [5, 5.41) is 6.06. The molecule has 1 fully saturated rings. The Morgan fingerprint density at radius 3 is 2.73 bits per heavy atom. The number of aryl methyl sites for hydroxylation is 1. The molecule has 4 rings (SSSR count). The third kappa shape index (κ3) is 6.85. The van der Waals surface area contributed by atoms with Gasteiger partial charge in [-0.2, -0.15) is 0 Å². The molecule has 1 aromatic carbocycles. The van der Waals surface area contributed by atoms with E-state index in [1.807, 2.05) is 18.2 Å². The number of hydrogen-bond donors (Lipinski definition) is 3. The van der Waals surface area contributed by atoms with E-state index < -0.39 is 17.6 Å². The number of likely N-dealkylation sites (N-methyl/N-ethyl adjacent to an activating group) is 1. The number of aromatic nitrogens is 3. The molecule has 0 bridgehead atoms. The molecular formula is C26H29ClN6O4. The van der Waals surface area contributed by atoms with Gasteiger partial charge in [0.25, 0.3) is 5.91 Å². The zero-order chi connectivity index (χ0) is 26.4. The summed E-state index contributed by atoms with van der Waals surface area (Å²) in [5.41, 5.74) is 4.14. The van der Waals surface area contributed by atoms with Crippen LogP contribution in [0, 0.1) is 12.8 Å². The van der Waals surface area contributed by atoms with Crippen LogP contribution in [0.4, 0.5) is 5.82 Å². The molecule has 3 aromatic rings. The minimum Gasteiger partial charge on any atom is -0.480 e. The van der Waals surface area contributed by atoms with Crippen LogP contribution in [0.5, 0.6) is 5.75 Å². The molecule has 0 spiro atoms. The maximum Gasteiger partial charge on any atom is 0.312 e. The number of rotatable bonds is 11. The van der Waals surface area contributed by atoms with Crippen LogP contribution in [-0.2, 0) is 22.4 Å². The van der Waals surface area contributed by atoms with Crippen molar-refractivity contribution in [2.75, 3.05) is 24.3 Å². The minimum atomic E-state index is -0.843. The van der Waals surface area contributed by atoms with Gasteiger partial charge in [-0.25, -0.2) is 9.66 Å². The molecule has 0 aliphatic heterocycles. The van der Waals surface area contributed by atoms with Gasteiger partial charge in [0.1, 0.15) is 5.75 Å². The van der Waals surface area contributed by atoms with Crippen LogP contribution in [0.2, 0.25) is 5.02 Å². The Bertz CT molecular complexity index is 1330. The van der Waals surface area contributed by atoms with Gasteiger partial charge in [-0.05, 0) is 50.1 Å². The highest BCUT2D eigenvalue weighted by Crippen LogP contribution is 2.36. The van der Waals surface area contributed by atoms with E-state index in [2.05, 4.69) is 26.0 Å². The van der Waals surface area contributed by atoms with Crippen LogP contribution in [0.3, 0.4) is 0 Å². The van der Waals surface area contributed by atoms with Crippen molar-refractivity contribution in [3.05, 3.63) is 81.1 Å². The van der Waals surface area contributed by atoms with Crippen molar-refractivity contribution in [3.8, 4) is 5.75 Å². The highest BCUT2D eigenvalue weighted by Gasteiger charge is 2.39. The molecule has 0 saturated heterocycles. The van der Waals surface area contributed by atoms with Gasteiger partial charge < -0.3 is 15.4 Å². The summed E-state index contributed by atoms with van der Waals surface area (Å²) in [5.74, 6) is -0.148. The van der Waals surface area contributed by atoms with E-state index in [-0.39, 0.29) is 24.1 Å². The smallest absolute Gasteiger partial charge is 0.312 e. The molecule has 194 valence electrons. The van der Waals surface area contributed by atoms with Gasteiger partial charge in [0.2, 0.25) is 5.91 Å². The molecule has 2 heterocycles. The normalized spacial score (nSPS) is 13.5. The second-order valence-electron chi connectivity index (χ2n) is 8.84. The lowest BCUT2D eigenvalue weighted by Crippen LogP contribution is -2.44. The van der Waals surface area contributed by atoms with Gasteiger partial charge in [-0.3, -0.25) is 24.8 Å². The fourth-order valence-corrected chi connectivity index (χ4v) is 3.98. The molecule has 1 unspecified atom stereocenters. The van der Waals surface area contributed by atoms with Crippen LogP contribution >= 0.6 is 11.6 Å². The SMILES string of the molecule is CNC(=O)Cc1cc(Cl)ccc1OC(C(=O)Nn1c(C)cnc(NCCc2ccccn2)c1=O)C1CC1. The van der Waals surface area contributed by atoms with Crippen molar-refractivity contribution in [1.29, 1.82) is 0 Å². The third-order valence-corrected chi connectivity index (χ3v) is 6.21. The van der Waals surface area contributed by atoms with Gasteiger partial charge in [0.05, 0.1) is 18.3 Å². The Morgan fingerprint density at radius 2 is 2.03 bits per heavy atom. The predicted octanol–water partition coefficient (Wildman–Crippen LogP) is 2.47. The van der Waals surface area contributed by atoms with Crippen LogP contribution in [-0.4, -0.2) is 46.2 Å². The van der Waals surface area contributed by atoms with Crippen molar-refractivity contribution < 1.29 is 14.3 Å². The molecule has 2 aromatic heterocycles. The molecule has 1 saturated carbocycles. The minimum absolute atomic E-state index is 0.00246. The number of nitrogens with one attached hydrogen (secondary N) is 3. The summed E-state index contributed by atoms with van der Waals surface area (Å²) in [6.45, 7) is 2.13. The number of carbonyl (C=O) groups is 2. The van der Waals surface area contributed by atoms with Crippen LogP contribution in [0.15, 0.2) is 53.6 Å². The molecule has 10 nitrogen and oxygen atoms in total. The molecule has 3 N–H and O–H groups in total. The number of pyridine rings is 1. The Balaban J connectivity index is 1.49. The van der Waals surface area contributed by atoms with Crippen LogP contribution < -0.4 is 26.4 Å². The number of benzene rings is 1. The number of hydrogen-bond acceptors (Lipinski definition) is 7. The summed E-state index contributed by atoms with van der Waals surface area (Å²) in [6, 6.07) is 10.6. The zero-order valence-corrected chi connectivity index (χ0v) is 21.4. The predicted molar refractivity (Wildman–Crippen MR) is 140 cm³/mol. The maximum absolute atomic E-state index is 13.3. The second-order valence-corrected chi connectivity index (χ2v) is 9.28. The first-order valence-corrected chi connectivity index (χ1v) is 12.4. The van der Waals surface area contributed by atoms with Gasteiger partial charge in [-0.1, -0.05) is 17.7 Å². The fraction of sp³-hybridized carbons (Fsp3) is 0.346. The van der Waals surface area contributed by atoms with Crippen molar-refractivity contribution in [2.24, 2.45) is 5.92 Å². The molecule has 2 amide bonds. The van der Waals surface area contributed by atoms with E-state index in [1.165, 1.54) is 10.9 Å². The monoisotopic (exact) mass is 524 g/mol. The summed E-state index contributed by atoms with van der Waals surface area (Å²) < 4.78 is 7.29. The lowest BCUT2D eigenvalue weighted by atomic mass is 10.1. The van der Waals surface area contributed by atoms with Gasteiger partial charge >= 0.3 is 5.56 Å². The Labute approximate surface area is 219 Å². The van der Waals surface area contributed by atoms with E-state index in [0.29, 0.717) is 35.0 Å². The number of ether oxygens (including phenoxy) is 1. The highest BCUT2D eigenvalue weighted by molar-refractivity contribution is 6.30. The Kier molecular flexibility index (Phi) is 8.39. The van der Waals surface area contributed by atoms with E-state index in [0.717, 1.165) is 18.5 Å². The highest BCUT2D eigenvalue weighted by atomic mass is 35.5. The second kappa shape index (κ2) is 11.9. The quantitative estimate of drug-likeness (QED) is 0.351. The van der Waals surface area contributed by atoms with Gasteiger partial charge in [-0.15, -0.1) is 0 Å². The largest absolute Gasteiger partial charge is 0.480 e. The Morgan fingerprint density at radius 1 is 1.22 bits per heavy atom. The molecule has 0 radical (unpaired) electrons. The van der Waals surface area contributed by atoms with Crippen molar-refractivity contribution >= 4 is 29.2 Å². The van der Waals surface area contributed by atoms with Crippen molar-refractivity contribution in [2.45, 2.75) is 38.7 Å². The third-order valence-electron chi connectivity index (χ3n) is 5.98. The van der Waals surface area contributed by atoms with Gasteiger partial charge in [0.15, 0.2) is 11.9 Å². The molecule has 1 aliphatic carbocycles. The topological polar surface area (TPSA) is 127 Å². The number of carbonyl (C=O) groups excluding carboxylic acids is 2. The van der Waals surface area contributed by atoms with E-state index >= 15 is 0 Å². The first-order valence-electron chi connectivity index (χ1n) is 12.0. The first-order chi connectivity index (χ1) is 17.9. The molecule has 11 heteroatoms. The number of nitrogens with zero attached hydrogens (tertiary/aromatic N) is 3. The first kappa shape index (κ1) is 26.2. The summed E-state index contributed by atoms with van der Waals surface area (Å²) in [6.07, 6.45) is 4.69. The summed E-state index contributed by atoms with van der Waals surface area (Å²) in [7, 11) is 1.55. The molecular weight excluding hydrogens is 496 g/mol. The molecule has 1 aliphatic rings. The average Bonchev–Trinajstić information content (AvgIpc) is 3.73.